The first-order valence-corrected chi connectivity index (χ1v) is 29.2. The van der Waals surface area contributed by atoms with Crippen molar-refractivity contribution >= 4 is 76.5 Å². The van der Waals surface area contributed by atoms with Gasteiger partial charge in [-0.25, -0.2) is 22.3 Å². The number of hydrogen-bond donors (Lipinski definition) is 4. The molecule has 0 spiro atoms. The van der Waals surface area contributed by atoms with Gasteiger partial charge in [0.05, 0.1) is 34.1 Å². The number of hydrogen-bond acceptors (Lipinski definition) is 11. The zero-order valence-corrected chi connectivity index (χ0v) is 48.3. The van der Waals surface area contributed by atoms with E-state index < -0.39 is 183 Å². The van der Waals surface area contributed by atoms with E-state index in [2.05, 4.69) is 32.3 Å². The van der Waals surface area contributed by atoms with Gasteiger partial charge in [-0.3, -0.25) is 28.0 Å². The fourth-order valence-corrected chi connectivity index (χ4v) is 11.3. The van der Waals surface area contributed by atoms with Crippen LogP contribution in [0.3, 0.4) is 0 Å². The first kappa shape index (κ1) is 64.1. The van der Waals surface area contributed by atoms with Crippen LogP contribution >= 0.6 is 20.2 Å². The van der Waals surface area contributed by atoms with Crippen LogP contribution in [0.4, 0.5) is 49.7 Å². The van der Waals surface area contributed by atoms with E-state index in [0.717, 1.165) is 31.4 Å². The molecule has 7 rings (SSSR count). The molecule has 6 aromatic rings. The zero-order valence-electron chi connectivity index (χ0n) is 45.0. The molecule has 3 heterocycles. The van der Waals surface area contributed by atoms with Crippen molar-refractivity contribution in [3.05, 3.63) is 122 Å². The molecule has 0 fully saturated rings. The highest BCUT2D eigenvalue weighted by Crippen LogP contribution is 2.50. The number of carbonyl (C=O) groups excluding carboxylic acids is 2. The molecule has 0 saturated carbocycles. The Balaban J connectivity index is 1.47. The fraction of sp³-hybridized carbons (Fsp3) is 0.396. The number of alkyl halides is 8. The third-order valence-electron chi connectivity index (χ3n) is 13.5. The summed E-state index contributed by atoms with van der Waals surface area (Å²) in [6.45, 7) is 5.20. The van der Waals surface area contributed by atoms with Crippen LogP contribution in [-0.4, -0.2) is 89.1 Å². The number of amides is 2. The molecule has 1 aliphatic carbocycles. The van der Waals surface area contributed by atoms with E-state index in [-0.39, 0.29) is 43.9 Å². The number of carboxylic acid groups (broad SMARTS) is 1. The molecule has 446 valence electrons. The van der Waals surface area contributed by atoms with Crippen LogP contribution in [0.5, 0.6) is 5.75 Å². The van der Waals surface area contributed by atoms with Crippen molar-refractivity contribution in [2.75, 3.05) is 16.8 Å². The Morgan fingerprint density at radius 2 is 1.59 bits per heavy atom. The van der Waals surface area contributed by atoms with E-state index in [0.29, 0.717) is 20.6 Å². The van der Waals surface area contributed by atoms with Crippen molar-refractivity contribution in [2.45, 2.75) is 115 Å². The largest absolute Gasteiger partial charge is 0.481 e. The number of aliphatic carboxylic acids is 1. The average Bonchev–Trinajstić information content (AvgIpc) is 2.20. The summed E-state index contributed by atoms with van der Waals surface area (Å²) in [7, 11) is -7.25. The number of halogens is 11. The lowest BCUT2D eigenvalue weighted by atomic mass is 9.77. The molecule has 16 nitrogen and oxygen atoms in total. The average molecular weight is 1250 g/mol. The van der Waals surface area contributed by atoms with Crippen LogP contribution in [0.25, 0.3) is 22.0 Å². The molecular weight excluding hydrogens is 1200 g/mol. The molecule has 83 heavy (non-hydrogen) atoms. The summed E-state index contributed by atoms with van der Waals surface area (Å²) in [5.74, 6) is -7.01. The van der Waals surface area contributed by atoms with Crippen molar-refractivity contribution in [1.29, 1.82) is 0 Å². The Bertz CT molecular complexity index is 3670. The highest BCUT2D eigenvalue weighted by Gasteiger charge is 2.54. The van der Waals surface area contributed by atoms with Gasteiger partial charge < -0.3 is 24.7 Å². The maximum Gasteiger partial charge on any atom is 0.435 e. The number of pyridine rings is 1. The second-order valence-corrected chi connectivity index (χ2v) is 25.0. The minimum Gasteiger partial charge on any atom is -0.481 e. The summed E-state index contributed by atoms with van der Waals surface area (Å²) < 4.78 is 181. The number of benzene rings is 3. The Morgan fingerprint density at radius 1 is 0.952 bits per heavy atom. The number of carboxylic acids is 1. The van der Waals surface area contributed by atoms with Gasteiger partial charge in [0.2, 0.25) is 11.8 Å². The monoisotopic (exact) mass is 1250 g/mol. The van der Waals surface area contributed by atoms with Crippen molar-refractivity contribution in [3.8, 4) is 28.7 Å². The third kappa shape index (κ3) is 14.2. The van der Waals surface area contributed by atoms with Gasteiger partial charge in [-0.2, -0.15) is 45.3 Å². The first-order chi connectivity index (χ1) is 38.3. The molecule has 30 heteroatoms. The van der Waals surface area contributed by atoms with Gasteiger partial charge >= 0.3 is 26.9 Å². The standard InChI is InChI=1S/C53H51ClF10N7O9PS2/c1-26-15-29(21-41(74)75)43(38(16-26)80-81(76)77)49(3,4)23-40(73)71(83(8)79)48-42-36(54)12-11-34(45(42)70(68-48)25-51(57,58)59)33-10-9-32(13-14-50(5,6)82(7)78)65-44(33)37(20-28-18-30(55)22-31(56)19-28)66-39(72)24-69-47-35(17-27(2)52(47,60)61)46(67-69)53(62,63)64/h9-12,15-16,18-19,22,27,37,76-77H,17,20-21,23-25H2,1-8H3,(H,66,72)(H,74,75). The van der Waals surface area contributed by atoms with Gasteiger partial charge in [-0.05, 0) is 92.6 Å². The molecule has 0 radical (unpaired) electrons. The maximum absolute atomic E-state index is 15.7. The van der Waals surface area contributed by atoms with Crippen LogP contribution in [0.2, 0.25) is 5.02 Å². The highest BCUT2D eigenvalue weighted by molar-refractivity contribution is 7.86. The molecular formula is C53H51ClF10N7O9PS2. The summed E-state index contributed by atoms with van der Waals surface area (Å²) in [5.41, 5.74) is -6.67. The van der Waals surface area contributed by atoms with Crippen LogP contribution in [0.1, 0.15) is 97.7 Å². The minimum absolute atomic E-state index is 0.00139. The van der Waals surface area contributed by atoms with Crippen LogP contribution in [-0.2, 0) is 86.0 Å². The van der Waals surface area contributed by atoms with Gasteiger partial charge in [-0.1, -0.05) is 50.4 Å². The maximum atomic E-state index is 15.7. The number of aromatic nitrogens is 5. The van der Waals surface area contributed by atoms with Gasteiger partial charge in [0.25, 0.3) is 5.92 Å². The molecule has 4 unspecified atom stereocenters. The van der Waals surface area contributed by atoms with E-state index in [4.69, 9.17) is 16.1 Å². The third-order valence-corrected chi connectivity index (χ3v) is 16.6. The Labute approximate surface area is 478 Å². The number of anilines is 1. The number of fused-ring (bicyclic) bond motifs is 2. The van der Waals surface area contributed by atoms with Crippen LogP contribution < -0.4 is 14.1 Å². The SMILES string of the molecule is Cc1cc(CC(=O)O)c(C(C)(C)CC(=O)N(c2nn(CC(F)(F)F)c3c(-c4ccc(C#CC(C)(C)S(C)=O)nc4C(Cc4cc(F)cc(F)c4)NC(=O)Cn4nc(C(F)(F)F)c5c4C(F)(F)C(C)C5)ccc(Cl)c23)S(C)=O)c(OP(O)O)c1. The van der Waals surface area contributed by atoms with Gasteiger partial charge in [-0.15, -0.1) is 0 Å². The number of nitrogens with one attached hydrogen (secondary N) is 1. The molecule has 2 amide bonds. The molecule has 0 bridgehead atoms. The Hall–Kier alpha value is -6.50. The van der Waals surface area contributed by atoms with E-state index in [9.17, 15) is 72.8 Å². The van der Waals surface area contributed by atoms with E-state index >= 15 is 8.78 Å². The first-order valence-electron chi connectivity index (χ1n) is 24.6. The molecule has 0 aliphatic heterocycles. The van der Waals surface area contributed by atoms with Crippen molar-refractivity contribution in [1.82, 2.24) is 29.9 Å². The minimum atomic E-state index is -5.24. The van der Waals surface area contributed by atoms with Crippen LogP contribution in [0, 0.1) is 36.3 Å². The van der Waals surface area contributed by atoms with E-state index in [1.165, 1.54) is 64.3 Å². The smallest absolute Gasteiger partial charge is 0.435 e. The van der Waals surface area contributed by atoms with E-state index in [1.807, 2.05) is 0 Å². The molecule has 4 N–H and O–H groups in total. The number of rotatable bonds is 18. The zero-order chi connectivity index (χ0) is 61.8. The number of nitrogens with zero attached hydrogens (tertiary/aromatic N) is 6. The van der Waals surface area contributed by atoms with E-state index in [1.54, 1.807) is 6.92 Å². The number of aryl methyl sites for hydroxylation is 1. The second kappa shape index (κ2) is 23.9. The van der Waals surface area contributed by atoms with Crippen molar-refractivity contribution in [2.24, 2.45) is 5.92 Å². The van der Waals surface area contributed by atoms with Gasteiger partial charge in [0.15, 0.2) is 11.5 Å². The predicted molar refractivity (Wildman–Crippen MR) is 288 cm³/mol. The topological polar surface area (TPSA) is 219 Å². The summed E-state index contributed by atoms with van der Waals surface area (Å²) in [4.78, 5) is 65.7. The quantitative estimate of drug-likeness (QED) is 0.0359. The summed E-state index contributed by atoms with van der Waals surface area (Å²) in [6, 6.07) is 8.02. The summed E-state index contributed by atoms with van der Waals surface area (Å²) in [5, 5.41) is 19.0. The van der Waals surface area contributed by atoms with Crippen LogP contribution in [0.15, 0.2) is 54.6 Å². The summed E-state index contributed by atoms with van der Waals surface area (Å²) >= 11 is 6.85. The molecule has 4 atom stereocenters. The molecule has 1 aliphatic rings. The molecule has 3 aromatic carbocycles. The predicted octanol–water partition coefficient (Wildman–Crippen LogP) is 10.2. The second-order valence-electron chi connectivity index (χ2n) is 20.8. The summed E-state index contributed by atoms with van der Waals surface area (Å²) in [6.07, 6.45) is -10.9. The molecule has 3 aromatic heterocycles. The lowest BCUT2D eigenvalue weighted by Gasteiger charge is -2.31. The lowest BCUT2D eigenvalue weighted by Crippen LogP contribution is -2.37. The number of carbonyl (C=O) groups is 3. The van der Waals surface area contributed by atoms with Crippen molar-refractivity contribution in [3.63, 3.8) is 0 Å². The Morgan fingerprint density at radius 3 is 2.17 bits per heavy atom. The normalized spacial score (nSPS) is 15.6. The Kier molecular flexibility index (Phi) is 18.4. The fourth-order valence-electron chi connectivity index (χ4n) is 9.84. The lowest BCUT2D eigenvalue weighted by molar-refractivity contribution is -0.143. The van der Waals surface area contributed by atoms with Crippen molar-refractivity contribution < 1.29 is 86.1 Å². The highest BCUT2D eigenvalue weighted by atomic mass is 35.5. The molecule has 0 saturated heterocycles. The van der Waals surface area contributed by atoms with Gasteiger partial charge in [0.1, 0.15) is 57.6 Å². The van der Waals surface area contributed by atoms with Gasteiger partial charge in [0, 0.05) is 69.4 Å².